The van der Waals surface area contributed by atoms with Crippen molar-refractivity contribution in [3.63, 3.8) is 0 Å². The molecule has 56 heavy (non-hydrogen) atoms. The molecule has 4 rings (SSSR count). The Bertz CT molecular complexity index is 1320. The standard InChI is InChI=1S/C42H74O14/c1-9-25(53-38(36(51)52)54-30(21-43)24(3)45)14-18-40(6)23(2)12-13-29-28(40)16-20-41(7)27(15-19-42(29,41)8)26(35(49)50)11-10-17-39(4,5)56-37-34(48)33(47)32(46)31(22-44)55-37/h23-27,30-34,36-38,43-48,51-52H,9-22H2,1-8H3,(H,49,50)/t23?,24?,25-,26-,27?,30?,31?,32?,33?,34?,37?,38?,40+,41-,42+/m1/s1. The minimum Gasteiger partial charge on any atom is -0.481 e. The molecule has 326 valence electrons. The summed E-state index contributed by atoms with van der Waals surface area (Å²) in [6, 6.07) is 0. The first-order chi connectivity index (χ1) is 26.1. The molecule has 0 radical (unpaired) electrons. The van der Waals surface area contributed by atoms with Crippen LogP contribution in [0, 0.1) is 34.0 Å². The average Bonchev–Trinajstić information content (AvgIpc) is 3.41. The van der Waals surface area contributed by atoms with E-state index >= 15 is 0 Å². The molecule has 0 aromatic rings. The van der Waals surface area contributed by atoms with Gasteiger partial charge < -0.3 is 64.9 Å². The molecule has 3 aliphatic carbocycles. The van der Waals surface area contributed by atoms with Gasteiger partial charge in [0.05, 0.1) is 36.9 Å². The molecule has 14 nitrogen and oxygen atoms in total. The van der Waals surface area contributed by atoms with Crippen LogP contribution in [0.1, 0.15) is 132 Å². The quantitative estimate of drug-likeness (QED) is 0.0635. The molecule has 2 fully saturated rings. The number of fused-ring (bicyclic) bond motifs is 2. The first-order valence-electron chi connectivity index (χ1n) is 21.0. The van der Waals surface area contributed by atoms with Crippen molar-refractivity contribution >= 4 is 5.97 Å². The third-order valence-electron chi connectivity index (χ3n) is 15.0. The Labute approximate surface area is 333 Å². The van der Waals surface area contributed by atoms with Crippen LogP contribution in [0.2, 0.25) is 0 Å². The number of carbonyl (C=O) groups is 1. The Kier molecular flexibility index (Phi) is 16.1. The summed E-state index contributed by atoms with van der Waals surface area (Å²) in [6.45, 7) is 15.3. The second-order valence-electron chi connectivity index (χ2n) is 18.7. The van der Waals surface area contributed by atoms with Crippen LogP contribution < -0.4 is 0 Å². The lowest BCUT2D eigenvalue weighted by atomic mass is 9.47. The van der Waals surface area contributed by atoms with Gasteiger partial charge in [0.1, 0.15) is 30.5 Å². The zero-order valence-electron chi connectivity index (χ0n) is 35.0. The van der Waals surface area contributed by atoms with E-state index < -0.39 is 86.2 Å². The van der Waals surface area contributed by atoms with Crippen molar-refractivity contribution in [2.24, 2.45) is 34.0 Å². The Hall–Kier alpha value is -1.27. The topological polar surface area (TPSA) is 236 Å². The van der Waals surface area contributed by atoms with Crippen LogP contribution in [0.4, 0.5) is 0 Å². The molecule has 1 saturated carbocycles. The van der Waals surface area contributed by atoms with E-state index in [4.69, 9.17) is 18.9 Å². The van der Waals surface area contributed by atoms with Gasteiger partial charge in [-0.2, -0.15) is 0 Å². The monoisotopic (exact) mass is 803 g/mol. The number of rotatable bonds is 20. The fraction of sp³-hybridized carbons (Fsp3) is 0.929. The highest BCUT2D eigenvalue weighted by Crippen LogP contribution is 2.70. The number of aliphatic hydroxyl groups excluding tert-OH is 7. The van der Waals surface area contributed by atoms with Gasteiger partial charge in [-0.05, 0) is 126 Å². The second kappa shape index (κ2) is 19.0. The lowest BCUT2D eigenvalue weighted by molar-refractivity contribution is -0.323. The molecule has 0 bridgehead atoms. The van der Waals surface area contributed by atoms with E-state index in [1.807, 2.05) is 20.8 Å². The van der Waals surface area contributed by atoms with E-state index in [1.54, 1.807) is 0 Å². The van der Waals surface area contributed by atoms with E-state index in [0.29, 0.717) is 38.0 Å². The molecule has 0 amide bonds. The van der Waals surface area contributed by atoms with E-state index in [-0.39, 0.29) is 28.3 Å². The molecule has 1 heterocycles. The third-order valence-corrected chi connectivity index (χ3v) is 15.0. The summed E-state index contributed by atoms with van der Waals surface area (Å²) in [4.78, 5) is 13.0. The van der Waals surface area contributed by atoms with Crippen molar-refractivity contribution in [2.75, 3.05) is 13.2 Å². The molecule has 4 aliphatic rings. The number of aliphatic carboxylic acids is 1. The maximum absolute atomic E-state index is 13.0. The summed E-state index contributed by atoms with van der Waals surface area (Å²) in [5, 5.41) is 90.7. The van der Waals surface area contributed by atoms with Crippen molar-refractivity contribution < 1.29 is 69.7 Å². The molecule has 1 aliphatic heterocycles. The second-order valence-corrected chi connectivity index (χ2v) is 18.7. The van der Waals surface area contributed by atoms with Crippen LogP contribution in [0.3, 0.4) is 0 Å². The number of aliphatic hydroxyl groups is 8. The van der Waals surface area contributed by atoms with Crippen molar-refractivity contribution in [3.8, 4) is 0 Å². The van der Waals surface area contributed by atoms with Crippen LogP contribution in [-0.2, 0) is 23.7 Å². The molecule has 10 unspecified atom stereocenters. The summed E-state index contributed by atoms with van der Waals surface area (Å²) in [7, 11) is 0. The summed E-state index contributed by atoms with van der Waals surface area (Å²) in [5.74, 6) is -0.980. The average molecular weight is 803 g/mol. The first kappa shape index (κ1) is 47.4. The highest BCUT2D eigenvalue weighted by molar-refractivity contribution is 5.70. The van der Waals surface area contributed by atoms with Crippen LogP contribution in [0.5, 0.6) is 0 Å². The maximum Gasteiger partial charge on any atom is 0.306 e. The van der Waals surface area contributed by atoms with Gasteiger partial charge in [-0.15, -0.1) is 0 Å². The molecule has 0 aromatic carbocycles. The largest absolute Gasteiger partial charge is 0.481 e. The Morgan fingerprint density at radius 3 is 2.20 bits per heavy atom. The lowest BCUT2D eigenvalue weighted by Gasteiger charge is -2.57. The van der Waals surface area contributed by atoms with E-state index in [1.165, 1.54) is 18.1 Å². The van der Waals surface area contributed by atoms with Crippen molar-refractivity contribution in [3.05, 3.63) is 11.1 Å². The number of carboxylic acids is 1. The van der Waals surface area contributed by atoms with Crippen molar-refractivity contribution in [2.45, 2.75) is 200 Å². The third kappa shape index (κ3) is 9.68. The summed E-state index contributed by atoms with van der Waals surface area (Å²) in [5.41, 5.74) is 1.60. The van der Waals surface area contributed by atoms with Crippen molar-refractivity contribution in [1.29, 1.82) is 0 Å². The number of ether oxygens (including phenoxy) is 4. The number of carboxylic acid groups (broad SMARTS) is 1. The zero-order valence-corrected chi connectivity index (χ0v) is 35.0. The van der Waals surface area contributed by atoms with Gasteiger partial charge in [0.25, 0.3) is 0 Å². The van der Waals surface area contributed by atoms with Crippen LogP contribution in [0.15, 0.2) is 11.1 Å². The summed E-state index contributed by atoms with van der Waals surface area (Å²) < 4.78 is 23.3. The normalized spacial score (nSPS) is 37.8. The van der Waals surface area contributed by atoms with Gasteiger partial charge in [-0.25, -0.2) is 0 Å². The Morgan fingerprint density at radius 2 is 1.62 bits per heavy atom. The van der Waals surface area contributed by atoms with Gasteiger partial charge >= 0.3 is 5.97 Å². The van der Waals surface area contributed by atoms with Gasteiger partial charge in [-0.1, -0.05) is 45.8 Å². The summed E-state index contributed by atoms with van der Waals surface area (Å²) >= 11 is 0. The number of hydrogen-bond acceptors (Lipinski definition) is 13. The molecule has 9 N–H and O–H groups in total. The molecule has 15 atom stereocenters. The van der Waals surface area contributed by atoms with E-state index in [0.717, 1.165) is 44.9 Å². The number of hydrogen-bond donors (Lipinski definition) is 9. The predicted molar refractivity (Wildman–Crippen MR) is 206 cm³/mol. The highest BCUT2D eigenvalue weighted by atomic mass is 16.7. The Balaban J connectivity index is 1.47. The SMILES string of the molecule is CC[C@H](CC[C@]1(C)C2=C(CCC1C)[C@]1(C)CCC([C@@H](CCCC(C)(C)OC3OC(CO)C(O)C(O)C3O)C(=O)O)[C@@]1(C)CC2)OC(OC(CO)C(C)O)C(O)O. The molecular weight excluding hydrogens is 728 g/mol. The van der Waals surface area contributed by atoms with Crippen LogP contribution >= 0.6 is 0 Å². The minimum atomic E-state index is -1.95. The smallest absolute Gasteiger partial charge is 0.306 e. The first-order valence-corrected chi connectivity index (χ1v) is 21.0. The van der Waals surface area contributed by atoms with Gasteiger partial charge in [-0.3, -0.25) is 4.79 Å². The molecule has 0 aromatic heterocycles. The fourth-order valence-corrected chi connectivity index (χ4v) is 10.8. The molecule has 0 spiro atoms. The van der Waals surface area contributed by atoms with E-state index in [2.05, 4.69) is 27.7 Å². The van der Waals surface area contributed by atoms with Gasteiger partial charge in [0.15, 0.2) is 6.29 Å². The van der Waals surface area contributed by atoms with Crippen molar-refractivity contribution in [1.82, 2.24) is 0 Å². The van der Waals surface area contributed by atoms with Gasteiger partial charge in [0.2, 0.25) is 12.6 Å². The molecular formula is C42H74O14. The summed E-state index contributed by atoms with van der Waals surface area (Å²) in [6.07, 6.45) is -3.64. The maximum atomic E-state index is 13.0. The zero-order chi connectivity index (χ0) is 42.0. The van der Waals surface area contributed by atoms with E-state index in [9.17, 15) is 50.8 Å². The fourth-order valence-electron chi connectivity index (χ4n) is 10.8. The Morgan fingerprint density at radius 1 is 0.946 bits per heavy atom. The van der Waals surface area contributed by atoms with Gasteiger partial charge in [0, 0.05) is 0 Å². The van der Waals surface area contributed by atoms with Crippen LogP contribution in [-0.4, -0.2) is 132 Å². The highest BCUT2D eigenvalue weighted by Gasteiger charge is 2.62. The predicted octanol–water partition coefficient (Wildman–Crippen LogP) is 3.37. The minimum absolute atomic E-state index is 0.0248. The molecule has 14 heteroatoms. The lowest BCUT2D eigenvalue weighted by Crippen LogP contribution is -2.60. The molecule has 1 saturated heterocycles. The number of allylic oxidation sites excluding steroid dienone is 2. The van der Waals surface area contributed by atoms with Crippen LogP contribution in [0.25, 0.3) is 0 Å².